The van der Waals surface area contributed by atoms with Crippen molar-refractivity contribution in [3.8, 4) is 11.5 Å². The zero-order valence-electron chi connectivity index (χ0n) is 11.5. The Hall–Kier alpha value is -1.75. The lowest BCUT2D eigenvalue weighted by Crippen LogP contribution is -2.52. The molecule has 1 N–H and O–H groups in total. The van der Waals surface area contributed by atoms with Crippen LogP contribution in [0.15, 0.2) is 24.3 Å². The minimum absolute atomic E-state index is 0.0270. The summed E-state index contributed by atoms with van der Waals surface area (Å²) in [5.41, 5.74) is 0. The molecule has 1 fully saturated rings. The van der Waals surface area contributed by atoms with Crippen LogP contribution in [0, 0.1) is 0 Å². The van der Waals surface area contributed by atoms with Gasteiger partial charge in [-0.25, -0.2) is 0 Å². The van der Waals surface area contributed by atoms with E-state index in [2.05, 4.69) is 0 Å². The summed E-state index contributed by atoms with van der Waals surface area (Å²) in [6.45, 7) is 2.17. The van der Waals surface area contributed by atoms with Crippen LogP contribution in [0.5, 0.6) is 11.5 Å². The van der Waals surface area contributed by atoms with E-state index in [1.54, 1.807) is 11.0 Å². The average Bonchev–Trinajstić information content (AvgIpc) is 3.28. The van der Waals surface area contributed by atoms with E-state index in [-0.39, 0.29) is 24.7 Å². The van der Waals surface area contributed by atoms with Gasteiger partial charge >= 0.3 is 0 Å². The SMILES string of the molecule is CC1Oc2ccccc2OC1C(=O)N(CCO)C1CC1. The van der Waals surface area contributed by atoms with Gasteiger partial charge in [-0.15, -0.1) is 0 Å². The van der Waals surface area contributed by atoms with Crippen LogP contribution in [0.1, 0.15) is 19.8 Å². The summed E-state index contributed by atoms with van der Waals surface area (Å²) in [7, 11) is 0. The van der Waals surface area contributed by atoms with Crippen molar-refractivity contribution >= 4 is 5.91 Å². The summed E-state index contributed by atoms with van der Waals surface area (Å²) in [6, 6.07) is 7.61. The number of hydrogen-bond acceptors (Lipinski definition) is 4. The van der Waals surface area contributed by atoms with Crippen molar-refractivity contribution in [1.82, 2.24) is 4.90 Å². The first-order valence-corrected chi connectivity index (χ1v) is 7.04. The lowest BCUT2D eigenvalue weighted by Gasteiger charge is -2.34. The van der Waals surface area contributed by atoms with Crippen molar-refractivity contribution < 1.29 is 19.4 Å². The number of amides is 1. The van der Waals surface area contributed by atoms with Crippen LogP contribution >= 0.6 is 0 Å². The van der Waals surface area contributed by atoms with Gasteiger partial charge in [0.1, 0.15) is 6.10 Å². The van der Waals surface area contributed by atoms with Crippen LogP contribution in [-0.4, -0.2) is 47.3 Å². The zero-order valence-corrected chi connectivity index (χ0v) is 11.5. The normalized spacial score (nSPS) is 24.3. The second-order valence-electron chi connectivity index (χ2n) is 5.29. The van der Waals surface area contributed by atoms with E-state index in [1.807, 2.05) is 25.1 Å². The Balaban J connectivity index is 1.78. The number of nitrogens with zero attached hydrogens (tertiary/aromatic N) is 1. The third-order valence-corrected chi connectivity index (χ3v) is 3.70. The number of benzene rings is 1. The molecule has 5 heteroatoms. The zero-order chi connectivity index (χ0) is 14.1. The smallest absolute Gasteiger partial charge is 0.267 e. The summed E-state index contributed by atoms with van der Waals surface area (Å²) >= 11 is 0. The molecule has 1 heterocycles. The topological polar surface area (TPSA) is 59.0 Å². The summed E-state index contributed by atoms with van der Waals surface area (Å²) in [6.07, 6.45) is 1.03. The van der Waals surface area contributed by atoms with E-state index in [0.717, 1.165) is 12.8 Å². The number of para-hydroxylation sites is 2. The standard InChI is InChI=1S/C15H19NO4/c1-10-14(15(18)16(8-9-17)11-6-7-11)20-13-5-3-2-4-12(13)19-10/h2-5,10-11,14,17H,6-9H2,1H3. The number of hydrogen-bond donors (Lipinski definition) is 1. The Morgan fingerprint density at radius 3 is 2.55 bits per heavy atom. The predicted octanol–water partition coefficient (Wildman–Crippen LogP) is 1.20. The number of ether oxygens (including phenoxy) is 2. The van der Waals surface area contributed by atoms with Crippen LogP contribution in [-0.2, 0) is 4.79 Å². The molecule has 1 aromatic rings. The third-order valence-electron chi connectivity index (χ3n) is 3.70. The molecule has 0 aromatic heterocycles. The number of aliphatic hydroxyl groups excluding tert-OH is 1. The molecule has 2 unspecified atom stereocenters. The van der Waals surface area contributed by atoms with Gasteiger partial charge in [-0.1, -0.05) is 12.1 Å². The molecular formula is C15H19NO4. The van der Waals surface area contributed by atoms with E-state index >= 15 is 0 Å². The van der Waals surface area contributed by atoms with E-state index in [0.29, 0.717) is 18.0 Å². The number of fused-ring (bicyclic) bond motifs is 1. The number of carbonyl (C=O) groups excluding carboxylic acids is 1. The first-order chi connectivity index (χ1) is 9.70. The van der Waals surface area contributed by atoms with Gasteiger partial charge in [0.25, 0.3) is 5.91 Å². The average molecular weight is 277 g/mol. The van der Waals surface area contributed by atoms with Gasteiger partial charge in [-0.05, 0) is 31.9 Å². The molecule has 1 aliphatic heterocycles. The molecule has 3 rings (SSSR count). The minimum Gasteiger partial charge on any atom is -0.482 e. The van der Waals surface area contributed by atoms with Gasteiger partial charge in [0, 0.05) is 12.6 Å². The Morgan fingerprint density at radius 1 is 1.30 bits per heavy atom. The maximum Gasteiger partial charge on any atom is 0.267 e. The second-order valence-corrected chi connectivity index (χ2v) is 5.29. The largest absolute Gasteiger partial charge is 0.482 e. The maximum absolute atomic E-state index is 12.6. The van der Waals surface area contributed by atoms with Crippen molar-refractivity contribution in [2.24, 2.45) is 0 Å². The molecule has 0 radical (unpaired) electrons. The molecule has 0 bridgehead atoms. The molecule has 0 saturated heterocycles. The fraction of sp³-hybridized carbons (Fsp3) is 0.533. The molecule has 0 spiro atoms. The molecule has 20 heavy (non-hydrogen) atoms. The van der Waals surface area contributed by atoms with Crippen LogP contribution < -0.4 is 9.47 Å². The number of aliphatic hydroxyl groups is 1. The highest BCUT2D eigenvalue weighted by molar-refractivity contribution is 5.83. The van der Waals surface area contributed by atoms with Crippen molar-refractivity contribution in [3.63, 3.8) is 0 Å². The van der Waals surface area contributed by atoms with Crippen LogP contribution in [0.3, 0.4) is 0 Å². The number of carbonyl (C=O) groups is 1. The summed E-state index contributed by atoms with van der Waals surface area (Å²) in [5, 5.41) is 9.12. The van der Waals surface area contributed by atoms with Crippen molar-refractivity contribution in [3.05, 3.63) is 24.3 Å². The van der Waals surface area contributed by atoms with Gasteiger partial charge in [0.15, 0.2) is 11.5 Å². The van der Waals surface area contributed by atoms with Crippen LogP contribution in [0.25, 0.3) is 0 Å². The molecule has 2 atom stereocenters. The fourth-order valence-electron chi connectivity index (χ4n) is 2.52. The molecule has 1 saturated carbocycles. The molecule has 5 nitrogen and oxygen atoms in total. The number of rotatable bonds is 4. The van der Waals surface area contributed by atoms with Crippen LogP contribution in [0.2, 0.25) is 0 Å². The molecule has 1 aromatic carbocycles. The summed E-state index contributed by atoms with van der Waals surface area (Å²) < 4.78 is 11.6. The van der Waals surface area contributed by atoms with Gasteiger partial charge < -0.3 is 19.5 Å². The second kappa shape index (κ2) is 5.32. The fourth-order valence-corrected chi connectivity index (χ4v) is 2.52. The quantitative estimate of drug-likeness (QED) is 0.898. The molecule has 1 aliphatic carbocycles. The van der Waals surface area contributed by atoms with E-state index < -0.39 is 6.10 Å². The molecule has 108 valence electrons. The van der Waals surface area contributed by atoms with E-state index in [1.165, 1.54) is 0 Å². The van der Waals surface area contributed by atoms with E-state index in [4.69, 9.17) is 14.6 Å². The molecular weight excluding hydrogens is 258 g/mol. The highest BCUT2D eigenvalue weighted by Crippen LogP contribution is 2.35. The van der Waals surface area contributed by atoms with Gasteiger partial charge in [-0.3, -0.25) is 4.79 Å². The van der Waals surface area contributed by atoms with Gasteiger partial charge in [-0.2, -0.15) is 0 Å². The van der Waals surface area contributed by atoms with Gasteiger partial charge in [0.05, 0.1) is 6.61 Å². The first kappa shape index (κ1) is 13.2. The lowest BCUT2D eigenvalue weighted by molar-refractivity contribution is -0.145. The lowest BCUT2D eigenvalue weighted by atomic mass is 10.1. The maximum atomic E-state index is 12.6. The molecule has 2 aliphatic rings. The minimum atomic E-state index is -0.642. The monoisotopic (exact) mass is 277 g/mol. The third kappa shape index (κ3) is 2.45. The van der Waals surface area contributed by atoms with E-state index in [9.17, 15) is 4.79 Å². The highest BCUT2D eigenvalue weighted by atomic mass is 16.6. The Labute approximate surface area is 118 Å². The Morgan fingerprint density at radius 2 is 1.95 bits per heavy atom. The van der Waals surface area contributed by atoms with Crippen LogP contribution in [0.4, 0.5) is 0 Å². The predicted molar refractivity (Wildman–Crippen MR) is 72.8 cm³/mol. The van der Waals surface area contributed by atoms with Gasteiger partial charge in [0.2, 0.25) is 6.10 Å². The summed E-state index contributed by atoms with van der Waals surface area (Å²) in [4.78, 5) is 14.3. The molecule has 1 amide bonds. The Bertz CT molecular complexity index is 500. The van der Waals surface area contributed by atoms with Crippen molar-refractivity contribution in [2.75, 3.05) is 13.2 Å². The van der Waals surface area contributed by atoms with Crippen molar-refractivity contribution in [2.45, 2.75) is 38.0 Å². The Kier molecular flexibility index (Phi) is 3.53. The van der Waals surface area contributed by atoms with Crippen molar-refractivity contribution in [1.29, 1.82) is 0 Å². The summed E-state index contributed by atoms with van der Waals surface area (Å²) in [5.74, 6) is 1.18. The highest BCUT2D eigenvalue weighted by Gasteiger charge is 2.41. The first-order valence-electron chi connectivity index (χ1n) is 7.04.